The first-order valence-electron chi connectivity index (χ1n) is 9.88. The smallest absolute Gasteiger partial charge is 0.407 e. The molecule has 0 unspecified atom stereocenters. The minimum absolute atomic E-state index is 0.0326. The van der Waals surface area contributed by atoms with E-state index < -0.39 is 18.3 Å². The Morgan fingerprint density at radius 3 is 1.58 bits per heavy atom. The van der Waals surface area contributed by atoms with E-state index in [1.807, 2.05) is 6.92 Å². The molecular formula is C18H33N5O10. The molecule has 0 fully saturated rings. The van der Waals surface area contributed by atoms with E-state index in [0.717, 1.165) is 12.8 Å². The van der Waals surface area contributed by atoms with Crippen molar-refractivity contribution in [1.29, 1.82) is 0 Å². The van der Waals surface area contributed by atoms with Crippen molar-refractivity contribution >= 4 is 30.4 Å². The van der Waals surface area contributed by atoms with E-state index in [1.54, 1.807) is 0 Å². The van der Waals surface area contributed by atoms with Crippen molar-refractivity contribution in [2.45, 2.75) is 19.8 Å². The number of aliphatic hydroxyl groups excluding tert-OH is 2. The van der Waals surface area contributed by atoms with E-state index in [4.69, 9.17) is 19.7 Å². The van der Waals surface area contributed by atoms with Gasteiger partial charge in [0.2, 0.25) is 12.2 Å². The summed E-state index contributed by atoms with van der Waals surface area (Å²) in [5.41, 5.74) is 0. The number of hydrogen-bond donors (Lipinski definition) is 5. The predicted molar refractivity (Wildman–Crippen MR) is 114 cm³/mol. The fourth-order valence-electron chi connectivity index (χ4n) is 1.27. The van der Waals surface area contributed by atoms with Gasteiger partial charge >= 0.3 is 18.3 Å². The van der Waals surface area contributed by atoms with Crippen LogP contribution in [0.1, 0.15) is 19.8 Å². The lowest BCUT2D eigenvalue weighted by atomic mass is 10.4. The average molecular weight is 479 g/mol. The maximum absolute atomic E-state index is 11.2. The van der Waals surface area contributed by atoms with Crippen LogP contribution in [0, 0.1) is 0 Å². The van der Waals surface area contributed by atoms with Crippen LogP contribution in [0.2, 0.25) is 0 Å². The molecule has 5 N–H and O–H groups in total. The van der Waals surface area contributed by atoms with Gasteiger partial charge in [0.05, 0.1) is 32.9 Å². The summed E-state index contributed by atoms with van der Waals surface area (Å²) < 4.78 is 14.2. The Balaban J connectivity index is -0.000000615. The Bertz CT molecular complexity index is 573. The highest BCUT2D eigenvalue weighted by Crippen LogP contribution is 1.88. The van der Waals surface area contributed by atoms with Crippen molar-refractivity contribution in [2.24, 2.45) is 9.98 Å². The molecule has 15 heteroatoms. The van der Waals surface area contributed by atoms with Crippen LogP contribution >= 0.6 is 0 Å². The molecule has 0 aromatic carbocycles. The first-order chi connectivity index (χ1) is 15.9. The van der Waals surface area contributed by atoms with Crippen LogP contribution in [0.15, 0.2) is 9.98 Å². The van der Waals surface area contributed by atoms with Crippen molar-refractivity contribution in [3.05, 3.63) is 0 Å². The van der Waals surface area contributed by atoms with Crippen LogP contribution in [0.3, 0.4) is 0 Å². The highest BCUT2D eigenvalue weighted by atomic mass is 16.6. The number of unbranched alkanes of at least 4 members (excludes halogenated alkanes) is 1. The Kier molecular flexibility index (Phi) is 31.7. The number of ether oxygens (including phenoxy) is 3. The van der Waals surface area contributed by atoms with Crippen molar-refractivity contribution in [3.63, 3.8) is 0 Å². The van der Waals surface area contributed by atoms with Crippen LogP contribution in [-0.4, -0.2) is 107 Å². The second kappa shape index (κ2) is 30.7. The molecule has 15 nitrogen and oxygen atoms in total. The number of isocyanates is 2. The molecule has 0 aliphatic rings. The number of nitrogens with one attached hydrogen (secondary N) is 3. The molecular weight excluding hydrogens is 446 g/mol. The van der Waals surface area contributed by atoms with Gasteiger partial charge in [0, 0.05) is 20.1 Å². The highest BCUT2D eigenvalue weighted by molar-refractivity contribution is 5.68. The molecule has 0 aliphatic carbocycles. The number of aliphatic imine (C=N–C) groups is 2. The standard InChI is InChI=1S/C12H23N3O6.C4H4N2O2.C2H6O2/c1-3-4-7-19-11(17)14-5-6-15-12(18)21-9-8-20-10(16)13-2;7-3-5-1-2-6-4-8;3-1-2-4/h3-9H2,1-2H3,(H,13,16)(H,14,17)(H,15,18);1-2H2;3-4H,1-2H2. The van der Waals surface area contributed by atoms with Crippen molar-refractivity contribution < 1.29 is 48.4 Å². The summed E-state index contributed by atoms with van der Waals surface area (Å²) in [6.07, 6.45) is 2.62. The van der Waals surface area contributed by atoms with E-state index in [-0.39, 0.29) is 52.6 Å². The van der Waals surface area contributed by atoms with Gasteiger partial charge in [-0.2, -0.15) is 0 Å². The van der Waals surface area contributed by atoms with Gasteiger partial charge in [-0.3, -0.25) is 0 Å². The van der Waals surface area contributed by atoms with Gasteiger partial charge < -0.3 is 40.4 Å². The molecule has 0 bridgehead atoms. The Morgan fingerprint density at radius 2 is 1.21 bits per heavy atom. The highest BCUT2D eigenvalue weighted by Gasteiger charge is 2.04. The van der Waals surface area contributed by atoms with Crippen LogP contribution in [-0.2, 0) is 23.8 Å². The fourth-order valence-corrected chi connectivity index (χ4v) is 1.27. The van der Waals surface area contributed by atoms with Gasteiger partial charge in [0.15, 0.2) is 0 Å². The summed E-state index contributed by atoms with van der Waals surface area (Å²) in [5, 5.41) is 22.4. The van der Waals surface area contributed by atoms with Crippen LogP contribution in [0.4, 0.5) is 14.4 Å². The third-order valence-corrected chi connectivity index (χ3v) is 2.70. The molecule has 0 heterocycles. The zero-order chi connectivity index (χ0) is 25.6. The van der Waals surface area contributed by atoms with Crippen LogP contribution in [0.25, 0.3) is 0 Å². The molecule has 33 heavy (non-hydrogen) atoms. The zero-order valence-electron chi connectivity index (χ0n) is 18.8. The third kappa shape index (κ3) is 36.2. The van der Waals surface area contributed by atoms with Crippen LogP contribution < -0.4 is 16.0 Å². The molecule has 0 aromatic rings. The summed E-state index contributed by atoms with van der Waals surface area (Å²) in [6.45, 7) is 2.92. The molecule has 0 spiro atoms. The SMILES string of the molecule is CCCCOC(=O)NCCNC(=O)OCCOC(=O)NC.O=C=NCCN=C=O.OCCO. The molecule has 0 saturated heterocycles. The normalized spacial score (nSPS) is 8.48. The van der Waals surface area contributed by atoms with E-state index in [0.29, 0.717) is 6.61 Å². The number of nitrogens with zero attached hydrogens (tertiary/aromatic N) is 2. The summed E-state index contributed by atoms with van der Waals surface area (Å²) in [6, 6.07) is 0. The Morgan fingerprint density at radius 1 is 0.788 bits per heavy atom. The molecule has 0 aromatic heterocycles. The van der Waals surface area contributed by atoms with E-state index in [1.165, 1.54) is 19.2 Å². The zero-order valence-corrected chi connectivity index (χ0v) is 18.8. The van der Waals surface area contributed by atoms with Gasteiger partial charge in [-0.15, -0.1) is 0 Å². The molecule has 0 saturated carbocycles. The Hall–Kier alpha value is -3.51. The maximum Gasteiger partial charge on any atom is 0.407 e. The number of rotatable bonds is 13. The molecule has 3 amide bonds. The van der Waals surface area contributed by atoms with Crippen molar-refractivity contribution in [2.75, 3.05) is 66.3 Å². The molecule has 0 aliphatic heterocycles. The lowest BCUT2D eigenvalue weighted by Gasteiger charge is -2.08. The number of hydrogen-bond acceptors (Lipinski definition) is 12. The number of alkyl carbamates (subject to hydrolysis) is 3. The van der Waals surface area contributed by atoms with Crippen LogP contribution in [0.5, 0.6) is 0 Å². The lowest BCUT2D eigenvalue weighted by Crippen LogP contribution is -2.35. The van der Waals surface area contributed by atoms with E-state index >= 15 is 0 Å². The minimum Gasteiger partial charge on any atom is -0.450 e. The predicted octanol–water partition coefficient (Wildman–Crippen LogP) is -0.776. The molecule has 0 radical (unpaired) electrons. The summed E-state index contributed by atoms with van der Waals surface area (Å²) in [4.78, 5) is 57.9. The van der Waals surface area contributed by atoms with Crippen molar-refractivity contribution in [3.8, 4) is 0 Å². The average Bonchev–Trinajstić information content (AvgIpc) is 2.83. The van der Waals surface area contributed by atoms with Gasteiger partial charge in [-0.1, -0.05) is 13.3 Å². The lowest BCUT2D eigenvalue weighted by molar-refractivity contribution is 0.0967. The fraction of sp³-hybridized carbons (Fsp3) is 0.722. The van der Waals surface area contributed by atoms with E-state index in [9.17, 15) is 24.0 Å². The minimum atomic E-state index is -0.656. The third-order valence-electron chi connectivity index (χ3n) is 2.70. The quantitative estimate of drug-likeness (QED) is 0.0961. The number of aliphatic hydroxyl groups is 2. The van der Waals surface area contributed by atoms with E-state index in [2.05, 4.69) is 30.7 Å². The number of amides is 3. The maximum atomic E-state index is 11.2. The molecule has 190 valence electrons. The van der Waals surface area contributed by atoms with Crippen molar-refractivity contribution in [1.82, 2.24) is 16.0 Å². The van der Waals surface area contributed by atoms with Gasteiger partial charge in [0.1, 0.15) is 13.2 Å². The number of carbonyl (C=O) groups excluding carboxylic acids is 5. The second-order valence-corrected chi connectivity index (χ2v) is 5.26. The van der Waals surface area contributed by atoms with Gasteiger partial charge in [-0.05, 0) is 6.42 Å². The first kappa shape index (κ1) is 34.1. The Labute approximate surface area is 191 Å². The van der Waals surface area contributed by atoms with Gasteiger partial charge in [0.25, 0.3) is 0 Å². The van der Waals surface area contributed by atoms with Gasteiger partial charge in [-0.25, -0.2) is 34.0 Å². The largest absolute Gasteiger partial charge is 0.450 e. The second-order valence-electron chi connectivity index (χ2n) is 5.26. The summed E-state index contributed by atoms with van der Waals surface area (Å²) >= 11 is 0. The molecule has 0 rings (SSSR count). The molecule has 0 atom stereocenters. The number of carbonyl (C=O) groups is 3. The monoisotopic (exact) mass is 479 g/mol. The summed E-state index contributed by atoms with van der Waals surface area (Å²) in [5.74, 6) is 0. The topological polar surface area (TPSA) is 214 Å². The first-order valence-corrected chi connectivity index (χ1v) is 9.88. The summed E-state index contributed by atoms with van der Waals surface area (Å²) in [7, 11) is 1.43.